The van der Waals surface area contributed by atoms with Gasteiger partial charge >= 0.3 is 0 Å². The first-order valence-corrected chi connectivity index (χ1v) is 11.3. The van der Waals surface area contributed by atoms with Crippen LogP contribution in [0.3, 0.4) is 0 Å². The molecule has 164 valence electrons. The third kappa shape index (κ3) is 5.18. The maximum Gasteiger partial charge on any atom is 0.204 e. The highest BCUT2D eigenvalue weighted by atomic mass is 35.5. The fourth-order valence-electron chi connectivity index (χ4n) is 3.77. The molecule has 0 atom stereocenters. The Hall–Kier alpha value is -3.76. The van der Waals surface area contributed by atoms with Crippen molar-refractivity contribution in [3.05, 3.63) is 125 Å². The minimum absolute atomic E-state index is 0.563. The van der Waals surface area contributed by atoms with Crippen LogP contribution >= 0.6 is 11.6 Å². The van der Waals surface area contributed by atoms with Crippen LogP contribution in [0, 0.1) is 0 Å². The number of aromatic nitrogens is 2. The summed E-state index contributed by atoms with van der Waals surface area (Å²) >= 11 is 6.06. The fraction of sp³-hybridized carbons (Fsp3) is 0.107. The summed E-state index contributed by atoms with van der Waals surface area (Å²) in [5.74, 6) is 1.70. The summed E-state index contributed by atoms with van der Waals surface area (Å²) in [5, 5.41) is 4.25. The molecule has 5 heteroatoms. The van der Waals surface area contributed by atoms with E-state index >= 15 is 0 Å². The molecule has 5 rings (SSSR count). The van der Waals surface area contributed by atoms with E-state index in [1.165, 1.54) is 5.56 Å². The molecule has 1 N–H and O–H groups in total. The van der Waals surface area contributed by atoms with Gasteiger partial charge in [0.05, 0.1) is 17.6 Å². The highest BCUT2D eigenvalue weighted by Crippen LogP contribution is 2.23. The van der Waals surface area contributed by atoms with E-state index in [1.807, 2.05) is 60.7 Å². The van der Waals surface area contributed by atoms with Crippen molar-refractivity contribution in [3.63, 3.8) is 0 Å². The maximum absolute atomic E-state index is 6.06. The van der Waals surface area contributed by atoms with Crippen LogP contribution < -0.4 is 10.1 Å². The number of hydrogen-bond acceptors (Lipinski definition) is 3. The van der Waals surface area contributed by atoms with E-state index in [0.29, 0.717) is 19.7 Å². The van der Waals surface area contributed by atoms with Crippen molar-refractivity contribution in [2.45, 2.75) is 19.7 Å². The second kappa shape index (κ2) is 9.80. The van der Waals surface area contributed by atoms with Gasteiger partial charge in [-0.1, -0.05) is 78.3 Å². The number of anilines is 1. The number of halogens is 1. The molecular formula is C28H24ClN3O. The maximum atomic E-state index is 6.06. The second-order valence-electron chi connectivity index (χ2n) is 7.91. The normalized spacial score (nSPS) is 10.9. The molecule has 4 aromatic carbocycles. The Morgan fingerprint density at radius 2 is 1.42 bits per heavy atom. The Balaban J connectivity index is 1.28. The van der Waals surface area contributed by atoms with E-state index in [0.717, 1.165) is 38.9 Å². The number of nitrogens with one attached hydrogen (secondary N) is 1. The first-order valence-electron chi connectivity index (χ1n) is 10.9. The number of fused-ring (bicyclic) bond motifs is 1. The highest BCUT2D eigenvalue weighted by molar-refractivity contribution is 6.30. The predicted molar refractivity (Wildman–Crippen MR) is 135 cm³/mol. The van der Waals surface area contributed by atoms with Gasteiger partial charge in [0.1, 0.15) is 12.4 Å². The molecule has 0 radical (unpaired) electrons. The number of imidazole rings is 1. The SMILES string of the molecule is Clc1ccc(Cn2c(NCc3ccc(OCc4ccccc4)cc3)nc3ccccc32)cc1. The van der Waals surface area contributed by atoms with Gasteiger partial charge in [-0.25, -0.2) is 4.98 Å². The van der Waals surface area contributed by atoms with Crippen molar-refractivity contribution in [1.82, 2.24) is 9.55 Å². The number of rotatable bonds is 8. The van der Waals surface area contributed by atoms with Crippen LogP contribution in [0.2, 0.25) is 5.02 Å². The van der Waals surface area contributed by atoms with Crippen LogP contribution in [0.1, 0.15) is 16.7 Å². The number of benzene rings is 4. The predicted octanol–water partition coefficient (Wildman–Crippen LogP) is 6.93. The van der Waals surface area contributed by atoms with Crippen molar-refractivity contribution in [2.75, 3.05) is 5.32 Å². The third-order valence-electron chi connectivity index (χ3n) is 5.53. The van der Waals surface area contributed by atoms with Gasteiger partial charge in [0.2, 0.25) is 5.95 Å². The summed E-state index contributed by atoms with van der Waals surface area (Å²) in [5.41, 5.74) is 5.55. The Labute approximate surface area is 198 Å². The van der Waals surface area contributed by atoms with Gasteiger partial charge in [0.15, 0.2) is 0 Å². The first-order chi connectivity index (χ1) is 16.2. The van der Waals surface area contributed by atoms with Crippen molar-refractivity contribution in [3.8, 4) is 5.75 Å². The lowest BCUT2D eigenvalue weighted by Crippen LogP contribution is -2.08. The highest BCUT2D eigenvalue weighted by Gasteiger charge is 2.11. The summed E-state index contributed by atoms with van der Waals surface area (Å²) in [4.78, 5) is 4.82. The van der Waals surface area contributed by atoms with Gasteiger partial charge in [0.25, 0.3) is 0 Å². The van der Waals surface area contributed by atoms with Gasteiger partial charge in [-0.3, -0.25) is 0 Å². The van der Waals surface area contributed by atoms with E-state index in [9.17, 15) is 0 Å². The molecule has 0 saturated heterocycles. The van der Waals surface area contributed by atoms with Crippen molar-refractivity contribution >= 4 is 28.6 Å². The molecule has 1 aromatic heterocycles. The summed E-state index contributed by atoms with van der Waals surface area (Å²) < 4.78 is 8.10. The molecule has 0 saturated carbocycles. The molecule has 0 aliphatic heterocycles. The number of para-hydroxylation sites is 2. The monoisotopic (exact) mass is 453 g/mol. The average molecular weight is 454 g/mol. The largest absolute Gasteiger partial charge is 0.489 e. The fourth-order valence-corrected chi connectivity index (χ4v) is 3.89. The Kier molecular flexibility index (Phi) is 6.27. The van der Waals surface area contributed by atoms with E-state index in [1.54, 1.807) is 0 Å². The Morgan fingerprint density at radius 1 is 0.727 bits per heavy atom. The molecule has 0 unspecified atom stereocenters. The van der Waals surface area contributed by atoms with Crippen LogP contribution in [0.25, 0.3) is 11.0 Å². The topological polar surface area (TPSA) is 39.1 Å². The summed E-state index contributed by atoms with van der Waals surface area (Å²) in [6.45, 7) is 1.95. The molecule has 33 heavy (non-hydrogen) atoms. The average Bonchev–Trinajstić information content (AvgIpc) is 3.21. The van der Waals surface area contributed by atoms with Gasteiger partial charge in [-0.05, 0) is 53.1 Å². The zero-order chi connectivity index (χ0) is 22.5. The van der Waals surface area contributed by atoms with E-state index in [4.69, 9.17) is 21.3 Å². The van der Waals surface area contributed by atoms with Crippen LogP contribution in [-0.2, 0) is 19.7 Å². The summed E-state index contributed by atoms with van der Waals surface area (Å²) in [6, 6.07) is 34.5. The van der Waals surface area contributed by atoms with Gasteiger partial charge in [-0.2, -0.15) is 0 Å². The van der Waals surface area contributed by atoms with Crippen molar-refractivity contribution in [2.24, 2.45) is 0 Å². The molecule has 5 aromatic rings. The lowest BCUT2D eigenvalue weighted by atomic mass is 10.2. The zero-order valence-corrected chi connectivity index (χ0v) is 18.9. The van der Waals surface area contributed by atoms with E-state index in [2.05, 4.69) is 52.3 Å². The summed E-state index contributed by atoms with van der Waals surface area (Å²) in [7, 11) is 0. The number of ether oxygens (including phenoxy) is 1. The molecular weight excluding hydrogens is 430 g/mol. The van der Waals surface area contributed by atoms with Crippen LogP contribution in [0.4, 0.5) is 5.95 Å². The molecule has 1 heterocycles. The molecule has 0 aliphatic carbocycles. The second-order valence-corrected chi connectivity index (χ2v) is 8.34. The van der Waals surface area contributed by atoms with Gasteiger partial charge in [-0.15, -0.1) is 0 Å². The minimum atomic E-state index is 0.563. The van der Waals surface area contributed by atoms with Crippen molar-refractivity contribution in [1.29, 1.82) is 0 Å². The van der Waals surface area contributed by atoms with E-state index < -0.39 is 0 Å². The Morgan fingerprint density at radius 3 is 2.21 bits per heavy atom. The lowest BCUT2D eigenvalue weighted by Gasteiger charge is -2.12. The van der Waals surface area contributed by atoms with Crippen LogP contribution in [0.15, 0.2) is 103 Å². The first kappa shape index (κ1) is 21.1. The molecule has 4 nitrogen and oxygen atoms in total. The molecule has 0 fully saturated rings. The Bertz CT molecular complexity index is 1330. The zero-order valence-electron chi connectivity index (χ0n) is 18.1. The number of nitrogens with zero attached hydrogens (tertiary/aromatic N) is 2. The standard InChI is InChI=1S/C28H24ClN3O/c29-24-14-10-22(11-15-24)19-32-27-9-5-4-8-26(27)31-28(32)30-18-21-12-16-25(17-13-21)33-20-23-6-2-1-3-7-23/h1-17H,18-20H2,(H,30,31). The smallest absolute Gasteiger partial charge is 0.204 e. The molecule has 0 spiro atoms. The quantitative estimate of drug-likeness (QED) is 0.277. The van der Waals surface area contributed by atoms with Gasteiger partial charge in [0, 0.05) is 11.6 Å². The molecule has 0 bridgehead atoms. The van der Waals surface area contributed by atoms with Crippen LogP contribution in [0.5, 0.6) is 5.75 Å². The van der Waals surface area contributed by atoms with Crippen LogP contribution in [-0.4, -0.2) is 9.55 Å². The minimum Gasteiger partial charge on any atom is -0.489 e. The van der Waals surface area contributed by atoms with E-state index in [-0.39, 0.29) is 0 Å². The van der Waals surface area contributed by atoms with Crippen molar-refractivity contribution < 1.29 is 4.74 Å². The third-order valence-corrected chi connectivity index (χ3v) is 5.78. The molecule has 0 amide bonds. The summed E-state index contributed by atoms with van der Waals surface area (Å²) in [6.07, 6.45) is 0. The lowest BCUT2D eigenvalue weighted by molar-refractivity contribution is 0.306. The molecule has 0 aliphatic rings. The van der Waals surface area contributed by atoms with Gasteiger partial charge < -0.3 is 14.6 Å². The number of hydrogen-bond donors (Lipinski definition) is 1.